The predicted molar refractivity (Wildman–Crippen MR) is 73.7 cm³/mol. The molecule has 1 aliphatic rings. The third kappa shape index (κ3) is 3.00. The first kappa shape index (κ1) is 13.3. The number of rotatable bonds is 5. The van der Waals surface area contributed by atoms with Crippen LogP contribution < -0.4 is 10.6 Å². The van der Waals surface area contributed by atoms with E-state index in [9.17, 15) is 0 Å². The van der Waals surface area contributed by atoms with Crippen molar-refractivity contribution in [2.24, 2.45) is 5.73 Å². The highest BCUT2D eigenvalue weighted by molar-refractivity contribution is 5.47. The van der Waals surface area contributed by atoms with Crippen molar-refractivity contribution in [1.82, 2.24) is 4.98 Å². The molecule has 1 aliphatic heterocycles. The third-order valence-electron chi connectivity index (χ3n) is 3.47. The third-order valence-corrected chi connectivity index (χ3v) is 3.47. The van der Waals surface area contributed by atoms with E-state index in [0.29, 0.717) is 12.6 Å². The van der Waals surface area contributed by atoms with Crippen LogP contribution in [0.4, 0.5) is 5.82 Å². The van der Waals surface area contributed by atoms with E-state index in [2.05, 4.69) is 29.8 Å². The van der Waals surface area contributed by atoms with Crippen molar-refractivity contribution in [1.29, 1.82) is 0 Å². The molecule has 0 saturated carbocycles. The standard InChI is InChI=1S/C14H23N3O/c1-3-17(10-13-5-4-6-18-13)14-11(2)7-12(8-15)9-16-14/h7,9,13H,3-6,8,10,15H2,1-2H3. The molecule has 1 aromatic heterocycles. The number of aryl methyl sites for hydroxylation is 1. The number of likely N-dealkylation sites (N-methyl/N-ethyl adjacent to an activating group) is 1. The molecule has 0 radical (unpaired) electrons. The number of hydrogen-bond acceptors (Lipinski definition) is 4. The summed E-state index contributed by atoms with van der Waals surface area (Å²) in [7, 11) is 0. The quantitative estimate of drug-likeness (QED) is 0.865. The molecule has 18 heavy (non-hydrogen) atoms. The molecule has 1 atom stereocenters. The summed E-state index contributed by atoms with van der Waals surface area (Å²) in [6.07, 6.45) is 4.58. The van der Waals surface area contributed by atoms with Gasteiger partial charge in [-0.2, -0.15) is 0 Å². The van der Waals surface area contributed by atoms with Crippen LogP contribution in [-0.2, 0) is 11.3 Å². The van der Waals surface area contributed by atoms with E-state index < -0.39 is 0 Å². The van der Waals surface area contributed by atoms with E-state index in [4.69, 9.17) is 10.5 Å². The topological polar surface area (TPSA) is 51.4 Å². The Bertz CT molecular complexity index is 389. The molecule has 0 spiro atoms. The highest BCUT2D eigenvalue weighted by Crippen LogP contribution is 2.21. The van der Waals surface area contributed by atoms with Gasteiger partial charge in [0, 0.05) is 32.4 Å². The van der Waals surface area contributed by atoms with Gasteiger partial charge in [0.05, 0.1) is 6.10 Å². The number of anilines is 1. The SMILES string of the molecule is CCN(CC1CCCO1)c1ncc(CN)cc1C. The van der Waals surface area contributed by atoms with Crippen LogP contribution in [0.15, 0.2) is 12.3 Å². The lowest BCUT2D eigenvalue weighted by atomic mass is 10.1. The molecule has 1 aromatic rings. The Kier molecular flexibility index (Phi) is 4.55. The Hall–Kier alpha value is -1.13. The highest BCUT2D eigenvalue weighted by Gasteiger charge is 2.20. The molecule has 0 bridgehead atoms. The van der Waals surface area contributed by atoms with Gasteiger partial charge in [-0.05, 0) is 43.9 Å². The van der Waals surface area contributed by atoms with Crippen LogP contribution in [0.25, 0.3) is 0 Å². The summed E-state index contributed by atoms with van der Waals surface area (Å²) in [5.74, 6) is 1.06. The van der Waals surface area contributed by atoms with Crippen LogP contribution >= 0.6 is 0 Å². The molecule has 4 nitrogen and oxygen atoms in total. The molecule has 0 aromatic carbocycles. The highest BCUT2D eigenvalue weighted by atomic mass is 16.5. The molecule has 0 aliphatic carbocycles. The lowest BCUT2D eigenvalue weighted by molar-refractivity contribution is 0.115. The van der Waals surface area contributed by atoms with E-state index in [1.807, 2.05) is 6.20 Å². The average molecular weight is 249 g/mol. The van der Waals surface area contributed by atoms with Gasteiger partial charge in [0.1, 0.15) is 5.82 Å². The number of pyridine rings is 1. The molecule has 100 valence electrons. The number of nitrogens with zero attached hydrogens (tertiary/aromatic N) is 2. The number of ether oxygens (including phenoxy) is 1. The minimum absolute atomic E-state index is 0.361. The lowest BCUT2D eigenvalue weighted by Crippen LogP contribution is -2.33. The molecule has 1 fully saturated rings. The number of nitrogens with two attached hydrogens (primary N) is 1. The fourth-order valence-corrected chi connectivity index (χ4v) is 2.47. The van der Waals surface area contributed by atoms with Crippen molar-refractivity contribution in [3.63, 3.8) is 0 Å². The van der Waals surface area contributed by atoms with Crippen molar-refractivity contribution in [2.75, 3.05) is 24.6 Å². The van der Waals surface area contributed by atoms with Crippen molar-refractivity contribution in [2.45, 2.75) is 39.3 Å². The zero-order valence-electron chi connectivity index (χ0n) is 11.4. The Morgan fingerprint density at radius 3 is 2.94 bits per heavy atom. The van der Waals surface area contributed by atoms with Gasteiger partial charge < -0.3 is 15.4 Å². The second-order valence-corrected chi connectivity index (χ2v) is 4.86. The van der Waals surface area contributed by atoms with E-state index in [1.54, 1.807) is 0 Å². The predicted octanol–water partition coefficient (Wildman–Crippen LogP) is 1.85. The second-order valence-electron chi connectivity index (χ2n) is 4.86. The summed E-state index contributed by atoms with van der Waals surface area (Å²) in [5.41, 5.74) is 7.92. The van der Waals surface area contributed by atoms with E-state index in [1.165, 1.54) is 12.0 Å². The van der Waals surface area contributed by atoms with Crippen molar-refractivity contribution >= 4 is 5.82 Å². The number of aromatic nitrogens is 1. The van der Waals surface area contributed by atoms with Gasteiger partial charge in [-0.15, -0.1) is 0 Å². The summed E-state index contributed by atoms with van der Waals surface area (Å²) in [5, 5.41) is 0. The summed E-state index contributed by atoms with van der Waals surface area (Å²) in [4.78, 5) is 6.85. The molecule has 1 unspecified atom stereocenters. The van der Waals surface area contributed by atoms with E-state index in [0.717, 1.165) is 37.5 Å². The first-order valence-electron chi connectivity index (χ1n) is 6.76. The largest absolute Gasteiger partial charge is 0.376 e. The van der Waals surface area contributed by atoms with Gasteiger partial charge in [0.15, 0.2) is 0 Å². The molecule has 2 N–H and O–H groups in total. The molecule has 2 rings (SSSR count). The van der Waals surface area contributed by atoms with Gasteiger partial charge in [0.25, 0.3) is 0 Å². The molecule has 1 saturated heterocycles. The zero-order chi connectivity index (χ0) is 13.0. The Morgan fingerprint density at radius 2 is 2.39 bits per heavy atom. The van der Waals surface area contributed by atoms with Crippen molar-refractivity contribution in [3.8, 4) is 0 Å². The molecular weight excluding hydrogens is 226 g/mol. The summed E-state index contributed by atoms with van der Waals surface area (Å²) in [6, 6.07) is 2.13. The maximum absolute atomic E-state index is 5.70. The van der Waals surface area contributed by atoms with Crippen LogP contribution in [0.3, 0.4) is 0 Å². The fraction of sp³-hybridized carbons (Fsp3) is 0.643. The van der Waals surface area contributed by atoms with Crippen LogP contribution in [-0.4, -0.2) is 30.8 Å². The maximum atomic E-state index is 5.70. The van der Waals surface area contributed by atoms with Crippen molar-refractivity contribution < 1.29 is 4.74 Å². The van der Waals surface area contributed by atoms with Gasteiger partial charge >= 0.3 is 0 Å². The minimum atomic E-state index is 0.361. The van der Waals surface area contributed by atoms with Crippen LogP contribution in [0.2, 0.25) is 0 Å². The second kappa shape index (κ2) is 6.16. The number of hydrogen-bond donors (Lipinski definition) is 1. The Balaban J connectivity index is 2.10. The zero-order valence-corrected chi connectivity index (χ0v) is 11.4. The lowest BCUT2D eigenvalue weighted by Gasteiger charge is -2.26. The average Bonchev–Trinajstić information content (AvgIpc) is 2.89. The normalized spacial score (nSPS) is 19.2. The molecular formula is C14H23N3O. The Morgan fingerprint density at radius 1 is 1.56 bits per heavy atom. The van der Waals surface area contributed by atoms with Gasteiger partial charge in [-0.25, -0.2) is 4.98 Å². The van der Waals surface area contributed by atoms with Crippen LogP contribution in [0, 0.1) is 6.92 Å². The summed E-state index contributed by atoms with van der Waals surface area (Å²) >= 11 is 0. The monoisotopic (exact) mass is 249 g/mol. The molecule has 2 heterocycles. The van der Waals surface area contributed by atoms with Gasteiger partial charge in [-0.1, -0.05) is 0 Å². The van der Waals surface area contributed by atoms with Crippen LogP contribution in [0.5, 0.6) is 0 Å². The van der Waals surface area contributed by atoms with Gasteiger partial charge in [-0.3, -0.25) is 0 Å². The van der Waals surface area contributed by atoms with Gasteiger partial charge in [0.2, 0.25) is 0 Å². The molecule has 0 amide bonds. The van der Waals surface area contributed by atoms with Crippen LogP contribution in [0.1, 0.15) is 30.9 Å². The first-order valence-corrected chi connectivity index (χ1v) is 6.76. The summed E-state index contributed by atoms with van der Waals surface area (Å²) < 4.78 is 5.70. The fourth-order valence-electron chi connectivity index (χ4n) is 2.47. The Labute approximate surface area is 109 Å². The first-order chi connectivity index (χ1) is 8.74. The van der Waals surface area contributed by atoms with E-state index >= 15 is 0 Å². The van der Waals surface area contributed by atoms with E-state index in [-0.39, 0.29) is 0 Å². The molecule has 4 heteroatoms. The summed E-state index contributed by atoms with van der Waals surface area (Å²) in [6.45, 7) is 7.60. The smallest absolute Gasteiger partial charge is 0.131 e. The van der Waals surface area contributed by atoms with Crippen molar-refractivity contribution in [3.05, 3.63) is 23.4 Å². The maximum Gasteiger partial charge on any atom is 0.131 e. The minimum Gasteiger partial charge on any atom is -0.376 e.